The highest BCUT2D eigenvalue weighted by Crippen LogP contribution is 2.30. The molecule has 5 heteroatoms. The van der Waals surface area contributed by atoms with Crippen LogP contribution in [0, 0.1) is 6.92 Å². The molecule has 1 atom stereocenters. The molecule has 98 valence electrons. The van der Waals surface area contributed by atoms with Gasteiger partial charge in [-0.3, -0.25) is 0 Å². The minimum absolute atomic E-state index is 0.300. The highest BCUT2D eigenvalue weighted by molar-refractivity contribution is 7.10. The van der Waals surface area contributed by atoms with E-state index in [4.69, 9.17) is 5.73 Å². The minimum Gasteiger partial charge on any atom is -0.394 e. The zero-order valence-corrected chi connectivity index (χ0v) is 11.9. The number of aryl methyl sites for hydroxylation is 2. The highest BCUT2D eigenvalue weighted by Gasteiger charge is 2.16. The van der Waals surface area contributed by atoms with Gasteiger partial charge in [0.05, 0.1) is 17.4 Å². The van der Waals surface area contributed by atoms with Crippen LogP contribution in [0.15, 0.2) is 17.5 Å². The maximum absolute atomic E-state index is 6.09. The lowest BCUT2D eigenvalue weighted by Gasteiger charge is -2.18. The topological polar surface area (TPSA) is 55.9 Å². The molecule has 4 nitrogen and oxygen atoms in total. The Morgan fingerprint density at radius 3 is 2.83 bits per heavy atom. The molecule has 0 radical (unpaired) electrons. The minimum atomic E-state index is 0.300. The first kappa shape index (κ1) is 13.0. The molecule has 0 aromatic carbocycles. The van der Waals surface area contributed by atoms with Crippen molar-refractivity contribution in [3.8, 4) is 0 Å². The molecule has 2 heterocycles. The molecule has 0 aliphatic carbocycles. The first-order valence-electron chi connectivity index (χ1n) is 6.30. The van der Waals surface area contributed by atoms with Crippen molar-refractivity contribution in [1.29, 1.82) is 0 Å². The fourth-order valence-corrected chi connectivity index (χ4v) is 2.87. The van der Waals surface area contributed by atoms with E-state index in [1.807, 2.05) is 11.6 Å². The summed E-state index contributed by atoms with van der Waals surface area (Å²) in [4.78, 5) is 1.33. The van der Waals surface area contributed by atoms with Crippen LogP contribution in [0.2, 0.25) is 0 Å². The lowest BCUT2D eigenvalue weighted by Crippen LogP contribution is -2.13. The molecule has 0 fully saturated rings. The Balaban J connectivity index is 2.27. The summed E-state index contributed by atoms with van der Waals surface area (Å²) in [7, 11) is 0. The second-order valence-corrected chi connectivity index (χ2v) is 5.26. The lowest BCUT2D eigenvalue weighted by atomic mass is 10.2. The molecule has 3 N–H and O–H groups in total. The molecule has 18 heavy (non-hydrogen) atoms. The maximum Gasteiger partial charge on any atom is 0.148 e. The Morgan fingerprint density at radius 1 is 1.50 bits per heavy atom. The van der Waals surface area contributed by atoms with E-state index < -0.39 is 0 Å². The fraction of sp³-hybridized carbons (Fsp3) is 0.462. The first-order chi connectivity index (χ1) is 8.67. The van der Waals surface area contributed by atoms with Gasteiger partial charge in [0.1, 0.15) is 5.82 Å². The van der Waals surface area contributed by atoms with Crippen molar-refractivity contribution < 1.29 is 0 Å². The van der Waals surface area contributed by atoms with E-state index >= 15 is 0 Å². The van der Waals surface area contributed by atoms with Gasteiger partial charge in [-0.15, -0.1) is 11.3 Å². The van der Waals surface area contributed by atoms with Gasteiger partial charge in [0.2, 0.25) is 0 Å². The Labute approximate surface area is 112 Å². The molecule has 0 saturated carbocycles. The summed E-state index contributed by atoms with van der Waals surface area (Å²) < 4.78 is 1.93. The molecule has 2 aromatic heterocycles. The third kappa shape index (κ3) is 2.36. The number of nitrogens with one attached hydrogen (secondary N) is 1. The number of nitrogen functional groups attached to an aromatic ring is 1. The second kappa shape index (κ2) is 5.44. The molecule has 2 aromatic rings. The second-order valence-electron chi connectivity index (χ2n) is 4.28. The SMILES string of the molecule is CCC(Nc1c(N)c(C)nn1CC)c1cccs1. The van der Waals surface area contributed by atoms with Crippen molar-refractivity contribution in [3.63, 3.8) is 0 Å². The van der Waals surface area contributed by atoms with Crippen LogP contribution < -0.4 is 11.1 Å². The predicted molar refractivity (Wildman–Crippen MR) is 78.0 cm³/mol. The van der Waals surface area contributed by atoms with Gasteiger partial charge >= 0.3 is 0 Å². The van der Waals surface area contributed by atoms with E-state index in [0.29, 0.717) is 6.04 Å². The van der Waals surface area contributed by atoms with Crippen LogP contribution >= 0.6 is 11.3 Å². The van der Waals surface area contributed by atoms with Gasteiger partial charge in [0.15, 0.2) is 0 Å². The van der Waals surface area contributed by atoms with E-state index in [0.717, 1.165) is 30.2 Å². The molecule has 2 rings (SSSR count). The van der Waals surface area contributed by atoms with E-state index in [9.17, 15) is 0 Å². The number of thiophene rings is 1. The van der Waals surface area contributed by atoms with Crippen molar-refractivity contribution in [2.24, 2.45) is 0 Å². The number of hydrogen-bond acceptors (Lipinski definition) is 4. The number of nitrogens with zero attached hydrogens (tertiary/aromatic N) is 2. The molecule has 0 spiro atoms. The average Bonchev–Trinajstić information content (AvgIpc) is 2.98. The molecule has 0 saturated heterocycles. The quantitative estimate of drug-likeness (QED) is 0.870. The van der Waals surface area contributed by atoms with E-state index in [2.05, 4.69) is 41.8 Å². The molecular formula is C13H20N4S. The largest absolute Gasteiger partial charge is 0.394 e. The third-order valence-corrected chi connectivity index (χ3v) is 4.07. The number of aromatic nitrogens is 2. The molecular weight excluding hydrogens is 244 g/mol. The van der Waals surface area contributed by atoms with Crippen LogP contribution in [0.3, 0.4) is 0 Å². The van der Waals surface area contributed by atoms with Gasteiger partial charge in [-0.2, -0.15) is 5.10 Å². The van der Waals surface area contributed by atoms with Crippen LogP contribution in [0.5, 0.6) is 0 Å². The van der Waals surface area contributed by atoms with E-state index in [-0.39, 0.29) is 0 Å². The predicted octanol–water partition coefficient (Wildman–Crippen LogP) is 3.42. The smallest absolute Gasteiger partial charge is 0.148 e. The van der Waals surface area contributed by atoms with Crippen LogP contribution in [-0.2, 0) is 6.54 Å². The van der Waals surface area contributed by atoms with Crippen molar-refractivity contribution in [1.82, 2.24) is 9.78 Å². The summed E-state index contributed by atoms with van der Waals surface area (Å²) in [6, 6.07) is 4.53. The lowest BCUT2D eigenvalue weighted by molar-refractivity contribution is 0.644. The normalized spacial score (nSPS) is 12.6. The molecule has 0 amide bonds. The van der Waals surface area contributed by atoms with Gasteiger partial charge in [-0.25, -0.2) is 4.68 Å². The van der Waals surface area contributed by atoms with Crippen LogP contribution in [0.1, 0.15) is 36.9 Å². The summed E-state index contributed by atoms with van der Waals surface area (Å²) in [5, 5.41) is 10.1. The third-order valence-electron chi connectivity index (χ3n) is 3.08. The molecule has 0 bridgehead atoms. The number of hydrogen-bond donors (Lipinski definition) is 2. The van der Waals surface area contributed by atoms with Crippen LogP contribution in [-0.4, -0.2) is 9.78 Å². The zero-order chi connectivity index (χ0) is 13.1. The Bertz CT molecular complexity index is 501. The van der Waals surface area contributed by atoms with E-state index in [1.165, 1.54) is 4.88 Å². The summed E-state index contributed by atoms with van der Waals surface area (Å²) >= 11 is 1.77. The van der Waals surface area contributed by atoms with Crippen molar-refractivity contribution >= 4 is 22.8 Å². The zero-order valence-electron chi connectivity index (χ0n) is 11.1. The highest BCUT2D eigenvalue weighted by atomic mass is 32.1. The van der Waals surface area contributed by atoms with Gasteiger partial charge in [0.25, 0.3) is 0 Å². The molecule has 0 aliphatic heterocycles. The van der Waals surface area contributed by atoms with Crippen LogP contribution in [0.4, 0.5) is 11.5 Å². The Kier molecular flexibility index (Phi) is 3.91. The average molecular weight is 264 g/mol. The standard InChI is InChI=1S/C13H20N4S/c1-4-10(11-7-6-8-18-11)15-13-12(14)9(3)16-17(13)5-2/h6-8,10,15H,4-5,14H2,1-3H3. The van der Waals surface area contributed by atoms with E-state index in [1.54, 1.807) is 11.3 Å². The summed E-state index contributed by atoms with van der Waals surface area (Å²) in [6.07, 6.45) is 1.02. The number of anilines is 2. The fourth-order valence-electron chi connectivity index (χ4n) is 2.01. The molecule has 0 aliphatic rings. The Morgan fingerprint density at radius 2 is 2.28 bits per heavy atom. The first-order valence-corrected chi connectivity index (χ1v) is 7.18. The Hall–Kier alpha value is -1.49. The van der Waals surface area contributed by atoms with Crippen molar-refractivity contribution in [3.05, 3.63) is 28.1 Å². The van der Waals surface area contributed by atoms with Crippen molar-refractivity contribution in [2.45, 2.75) is 39.8 Å². The van der Waals surface area contributed by atoms with Gasteiger partial charge in [0, 0.05) is 11.4 Å². The van der Waals surface area contributed by atoms with Crippen molar-refractivity contribution in [2.75, 3.05) is 11.1 Å². The molecule has 1 unspecified atom stereocenters. The number of rotatable bonds is 5. The van der Waals surface area contributed by atoms with Gasteiger partial charge < -0.3 is 11.1 Å². The maximum atomic E-state index is 6.09. The number of nitrogens with two attached hydrogens (primary N) is 1. The van der Waals surface area contributed by atoms with Crippen LogP contribution in [0.25, 0.3) is 0 Å². The summed E-state index contributed by atoms with van der Waals surface area (Å²) in [5.74, 6) is 0.940. The van der Waals surface area contributed by atoms with Gasteiger partial charge in [-0.05, 0) is 31.7 Å². The van der Waals surface area contributed by atoms with Gasteiger partial charge in [-0.1, -0.05) is 13.0 Å². The monoisotopic (exact) mass is 264 g/mol. The summed E-state index contributed by atoms with van der Waals surface area (Å²) in [5.41, 5.74) is 7.74. The summed E-state index contributed by atoms with van der Waals surface area (Å²) in [6.45, 7) is 7.01.